The monoisotopic (exact) mass is 411 g/mol. The van der Waals surface area contributed by atoms with Crippen LogP contribution in [0.4, 0.5) is 4.39 Å². The van der Waals surface area contributed by atoms with Crippen LogP contribution in [0, 0.1) is 5.82 Å². The Morgan fingerprint density at radius 2 is 2.08 bits per heavy atom. The van der Waals surface area contributed by atoms with Crippen molar-refractivity contribution in [1.82, 2.24) is 5.32 Å². The number of ether oxygens (including phenoxy) is 1. The van der Waals surface area contributed by atoms with Crippen LogP contribution in [0.25, 0.3) is 0 Å². The van der Waals surface area contributed by atoms with Gasteiger partial charge in [0.05, 0.1) is 18.9 Å². The first kappa shape index (κ1) is 18.8. The summed E-state index contributed by atoms with van der Waals surface area (Å²) in [5.41, 5.74) is 1.86. The van der Waals surface area contributed by atoms with Crippen LogP contribution >= 0.6 is 27.7 Å². The molecule has 0 aromatic heterocycles. The van der Waals surface area contributed by atoms with Gasteiger partial charge in [-0.3, -0.25) is 4.79 Å². The van der Waals surface area contributed by atoms with E-state index in [4.69, 9.17) is 4.74 Å². The molecule has 0 fully saturated rings. The summed E-state index contributed by atoms with van der Waals surface area (Å²) in [5.74, 6) is 0.684. The summed E-state index contributed by atoms with van der Waals surface area (Å²) >= 11 is 4.93. The minimum atomic E-state index is -0.386. The second kappa shape index (κ2) is 9.08. The molecule has 0 aliphatic heterocycles. The quantitative estimate of drug-likeness (QED) is 0.716. The van der Waals surface area contributed by atoms with Crippen LogP contribution in [-0.2, 0) is 10.5 Å². The molecular formula is C18H19BrFNO2S. The van der Waals surface area contributed by atoms with Crippen molar-refractivity contribution in [2.24, 2.45) is 0 Å². The standard InChI is InChI=1S/C18H19BrFNO2S/c1-12(14-5-3-4-6-15(14)19)21-18(22)11-24-10-13-7-8-17(23-2)16(20)9-13/h3-9,12H,10-11H2,1-2H3,(H,21,22)/t12-/m0/s1. The van der Waals surface area contributed by atoms with Crippen LogP contribution in [0.15, 0.2) is 46.9 Å². The molecule has 1 atom stereocenters. The van der Waals surface area contributed by atoms with Gasteiger partial charge in [0, 0.05) is 10.2 Å². The zero-order chi connectivity index (χ0) is 17.5. The molecular weight excluding hydrogens is 393 g/mol. The number of carbonyl (C=O) groups is 1. The van der Waals surface area contributed by atoms with E-state index in [1.54, 1.807) is 12.1 Å². The van der Waals surface area contributed by atoms with E-state index in [1.807, 2.05) is 31.2 Å². The van der Waals surface area contributed by atoms with Gasteiger partial charge in [-0.2, -0.15) is 0 Å². The van der Waals surface area contributed by atoms with Gasteiger partial charge < -0.3 is 10.1 Å². The van der Waals surface area contributed by atoms with Crippen LogP contribution in [0.2, 0.25) is 0 Å². The molecule has 0 aliphatic carbocycles. The molecule has 0 bridgehead atoms. The molecule has 1 N–H and O–H groups in total. The smallest absolute Gasteiger partial charge is 0.230 e. The van der Waals surface area contributed by atoms with E-state index in [0.717, 1.165) is 15.6 Å². The first-order chi connectivity index (χ1) is 11.5. The summed E-state index contributed by atoms with van der Waals surface area (Å²) in [6.07, 6.45) is 0. The Morgan fingerprint density at radius 3 is 2.75 bits per heavy atom. The molecule has 128 valence electrons. The lowest BCUT2D eigenvalue weighted by Gasteiger charge is -2.15. The van der Waals surface area contributed by atoms with Gasteiger partial charge in [-0.15, -0.1) is 11.8 Å². The number of amides is 1. The fraction of sp³-hybridized carbons (Fsp3) is 0.278. The van der Waals surface area contributed by atoms with Crippen molar-refractivity contribution in [3.8, 4) is 5.75 Å². The predicted molar refractivity (Wildman–Crippen MR) is 99.8 cm³/mol. The number of carbonyl (C=O) groups excluding carboxylic acids is 1. The topological polar surface area (TPSA) is 38.3 Å². The number of hydrogen-bond acceptors (Lipinski definition) is 3. The van der Waals surface area contributed by atoms with Crippen molar-refractivity contribution < 1.29 is 13.9 Å². The number of nitrogens with one attached hydrogen (secondary N) is 1. The van der Waals surface area contributed by atoms with E-state index >= 15 is 0 Å². The van der Waals surface area contributed by atoms with Gasteiger partial charge in [0.25, 0.3) is 0 Å². The van der Waals surface area contributed by atoms with Crippen molar-refractivity contribution >= 4 is 33.6 Å². The third-order valence-electron chi connectivity index (χ3n) is 3.47. The molecule has 1 amide bonds. The molecule has 0 aliphatic rings. The van der Waals surface area contributed by atoms with E-state index in [1.165, 1.54) is 24.9 Å². The molecule has 2 rings (SSSR count). The molecule has 2 aromatic rings. The van der Waals surface area contributed by atoms with E-state index in [9.17, 15) is 9.18 Å². The number of methoxy groups -OCH3 is 1. The zero-order valence-electron chi connectivity index (χ0n) is 13.5. The van der Waals surface area contributed by atoms with Gasteiger partial charge in [-0.25, -0.2) is 4.39 Å². The van der Waals surface area contributed by atoms with Gasteiger partial charge in [0.2, 0.25) is 5.91 Å². The number of thioether (sulfide) groups is 1. The maximum atomic E-state index is 13.6. The fourth-order valence-electron chi connectivity index (χ4n) is 2.25. The van der Waals surface area contributed by atoms with Crippen molar-refractivity contribution in [2.45, 2.75) is 18.7 Å². The summed E-state index contributed by atoms with van der Waals surface area (Å²) < 4.78 is 19.5. The molecule has 24 heavy (non-hydrogen) atoms. The summed E-state index contributed by atoms with van der Waals surface area (Å²) in [4.78, 5) is 12.1. The number of halogens is 2. The summed E-state index contributed by atoms with van der Waals surface area (Å²) in [6, 6.07) is 12.6. The highest BCUT2D eigenvalue weighted by Gasteiger charge is 2.12. The first-order valence-electron chi connectivity index (χ1n) is 7.45. The Kier molecular flexibility index (Phi) is 7.12. The normalized spacial score (nSPS) is 11.8. The predicted octanol–water partition coefficient (Wildman–Crippen LogP) is 4.71. The number of rotatable bonds is 7. The first-order valence-corrected chi connectivity index (χ1v) is 9.40. The molecule has 2 aromatic carbocycles. The number of hydrogen-bond donors (Lipinski definition) is 1. The van der Waals surface area contributed by atoms with Crippen LogP contribution in [0.3, 0.4) is 0 Å². The van der Waals surface area contributed by atoms with Gasteiger partial charge in [-0.1, -0.05) is 40.2 Å². The largest absolute Gasteiger partial charge is 0.494 e. The van der Waals surface area contributed by atoms with Crippen LogP contribution in [-0.4, -0.2) is 18.8 Å². The molecule has 0 unspecified atom stereocenters. The maximum Gasteiger partial charge on any atom is 0.230 e. The van der Waals surface area contributed by atoms with Crippen LogP contribution in [0.5, 0.6) is 5.75 Å². The third-order valence-corrected chi connectivity index (χ3v) is 5.19. The fourth-order valence-corrected chi connectivity index (χ4v) is 3.66. The molecule has 0 saturated carbocycles. The third kappa shape index (κ3) is 5.24. The average Bonchev–Trinajstić information content (AvgIpc) is 2.55. The lowest BCUT2D eigenvalue weighted by Crippen LogP contribution is -2.28. The number of benzene rings is 2. The molecule has 0 spiro atoms. The molecule has 0 saturated heterocycles. The van der Waals surface area contributed by atoms with Gasteiger partial charge in [0.1, 0.15) is 0 Å². The lowest BCUT2D eigenvalue weighted by molar-refractivity contribution is -0.119. The Balaban J connectivity index is 1.81. The second-order valence-electron chi connectivity index (χ2n) is 5.27. The van der Waals surface area contributed by atoms with E-state index in [2.05, 4.69) is 21.2 Å². The molecule has 0 radical (unpaired) electrons. The Morgan fingerprint density at radius 1 is 1.33 bits per heavy atom. The zero-order valence-corrected chi connectivity index (χ0v) is 15.9. The highest BCUT2D eigenvalue weighted by Crippen LogP contribution is 2.23. The second-order valence-corrected chi connectivity index (χ2v) is 7.11. The van der Waals surface area contributed by atoms with Crippen molar-refractivity contribution in [1.29, 1.82) is 0 Å². The van der Waals surface area contributed by atoms with E-state index < -0.39 is 0 Å². The summed E-state index contributed by atoms with van der Waals surface area (Å²) in [7, 11) is 1.43. The molecule has 3 nitrogen and oxygen atoms in total. The van der Waals surface area contributed by atoms with Crippen LogP contribution in [0.1, 0.15) is 24.1 Å². The highest BCUT2D eigenvalue weighted by atomic mass is 79.9. The van der Waals surface area contributed by atoms with Gasteiger partial charge >= 0.3 is 0 Å². The van der Waals surface area contributed by atoms with Crippen molar-refractivity contribution in [3.05, 3.63) is 63.9 Å². The Hall–Kier alpha value is -1.53. The van der Waals surface area contributed by atoms with Crippen molar-refractivity contribution in [2.75, 3.05) is 12.9 Å². The molecule has 6 heteroatoms. The lowest BCUT2D eigenvalue weighted by atomic mass is 10.1. The minimum absolute atomic E-state index is 0.0442. The van der Waals surface area contributed by atoms with E-state index in [-0.39, 0.29) is 23.5 Å². The maximum absolute atomic E-state index is 13.6. The average molecular weight is 412 g/mol. The Labute approximate surface area is 154 Å². The minimum Gasteiger partial charge on any atom is -0.494 e. The van der Waals surface area contributed by atoms with Gasteiger partial charge in [0.15, 0.2) is 11.6 Å². The SMILES string of the molecule is COc1ccc(CSCC(=O)N[C@@H](C)c2ccccc2Br)cc1F. The van der Waals surface area contributed by atoms with E-state index in [0.29, 0.717) is 11.5 Å². The summed E-state index contributed by atoms with van der Waals surface area (Å²) in [5, 5.41) is 2.97. The highest BCUT2D eigenvalue weighted by molar-refractivity contribution is 9.10. The van der Waals surface area contributed by atoms with Crippen LogP contribution < -0.4 is 10.1 Å². The van der Waals surface area contributed by atoms with Crippen molar-refractivity contribution in [3.63, 3.8) is 0 Å². The Bertz CT molecular complexity index is 711. The molecule has 0 heterocycles. The summed E-state index contributed by atoms with van der Waals surface area (Å²) in [6.45, 7) is 1.95. The van der Waals surface area contributed by atoms with Gasteiger partial charge in [-0.05, 0) is 36.2 Å².